The van der Waals surface area contributed by atoms with Gasteiger partial charge < -0.3 is 4.43 Å². The molecular weight excluding hydrogens is 330 g/mol. The number of nitrogens with zero attached hydrogens (tertiary/aromatic N) is 1. The van der Waals surface area contributed by atoms with E-state index in [0.29, 0.717) is 0 Å². The van der Waals surface area contributed by atoms with Crippen LogP contribution < -0.4 is 4.43 Å². The predicted octanol–water partition coefficient (Wildman–Crippen LogP) is 6.13. The molecule has 1 heterocycles. The van der Waals surface area contributed by atoms with Gasteiger partial charge in [-0.1, -0.05) is 48.5 Å². The molecule has 0 aliphatic carbocycles. The molecule has 0 bridgehead atoms. The molecule has 0 spiro atoms. The van der Waals surface area contributed by atoms with Gasteiger partial charge in [0.1, 0.15) is 11.4 Å². The zero-order chi connectivity index (χ0) is 17.0. The summed E-state index contributed by atoms with van der Waals surface area (Å²) in [7, 11) is -1.69. The third-order valence-electron chi connectivity index (χ3n) is 3.32. The van der Waals surface area contributed by atoms with Crippen LogP contribution in [-0.4, -0.2) is 14.0 Å². The summed E-state index contributed by atoms with van der Waals surface area (Å²) in [4.78, 5) is 6.14. The van der Waals surface area contributed by atoms with Crippen LogP contribution in [0.1, 0.15) is 10.4 Å². The van der Waals surface area contributed by atoms with E-state index in [4.69, 9.17) is 9.42 Å². The van der Waals surface area contributed by atoms with Crippen molar-refractivity contribution in [3.05, 3.63) is 82.6 Å². The fourth-order valence-electron chi connectivity index (χ4n) is 2.36. The zero-order valence-corrected chi connectivity index (χ0v) is 16.0. The van der Waals surface area contributed by atoms with Gasteiger partial charge in [0.25, 0.3) is 0 Å². The van der Waals surface area contributed by atoms with Crippen LogP contribution in [-0.2, 0) is 0 Å². The maximum absolute atomic E-state index is 6.22. The van der Waals surface area contributed by atoms with Crippen molar-refractivity contribution in [1.82, 2.24) is 0 Å². The van der Waals surface area contributed by atoms with E-state index in [0.717, 1.165) is 27.6 Å². The minimum absolute atomic E-state index is 0.863. The molecule has 0 aliphatic rings. The number of aliphatic imine (C=N–C) groups is 1. The van der Waals surface area contributed by atoms with Crippen LogP contribution in [0, 0.1) is 0 Å². The molecule has 0 unspecified atom stereocenters. The molecule has 4 heteroatoms. The number of hydrogen-bond donors (Lipinski definition) is 0. The standard InChI is InChI=1S/C20H21NOSSi/c1-24(2,3)22-18-13-8-7-12-17(18)21-20(19-14-9-15-23-19)16-10-5-4-6-11-16/h4-15H,1-3H3. The van der Waals surface area contributed by atoms with E-state index in [1.807, 2.05) is 42.5 Å². The van der Waals surface area contributed by atoms with E-state index in [2.05, 4.69) is 49.3 Å². The highest BCUT2D eigenvalue weighted by Crippen LogP contribution is 2.31. The van der Waals surface area contributed by atoms with Crippen LogP contribution in [0.2, 0.25) is 19.6 Å². The first-order chi connectivity index (χ1) is 11.5. The van der Waals surface area contributed by atoms with E-state index >= 15 is 0 Å². The van der Waals surface area contributed by atoms with Crippen molar-refractivity contribution < 1.29 is 4.43 Å². The lowest BCUT2D eigenvalue weighted by molar-refractivity contribution is 0.559. The summed E-state index contributed by atoms with van der Waals surface area (Å²) in [5.41, 5.74) is 2.98. The van der Waals surface area contributed by atoms with Crippen LogP contribution in [0.15, 0.2) is 77.1 Å². The number of thiophene rings is 1. The maximum atomic E-state index is 6.22. The molecule has 2 nitrogen and oxygen atoms in total. The second kappa shape index (κ2) is 7.15. The third-order valence-corrected chi connectivity index (χ3v) is 5.02. The Morgan fingerprint density at radius 2 is 1.58 bits per heavy atom. The average molecular weight is 352 g/mol. The van der Waals surface area contributed by atoms with Crippen molar-refractivity contribution in [2.24, 2.45) is 4.99 Å². The second-order valence-electron chi connectivity index (χ2n) is 6.49. The molecule has 122 valence electrons. The molecule has 0 amide bonds. The van der Waals surface area contributed by atoms with Gasteiger partial charge in [-0.2, -0.15) is 0 Å². The lowest BCUT2D eigenvalue weighted by atomic mass is 10.1. The largest absolute Gasteiger partial charge is 0.543 e. The Labute approximate surface area is 148 Å². The summed E-state index contributed by atoms with van der Waals surface area (Å²) in [5.74, 6) is 0.863. The van der Waals surface area contributed by atoms with E-state index in [9.17, 15) is 0 Å². The lowest BCUT2D eigenvalue weighted by Crippen LogP contribution is -2.29. The van der Waals surface area contributed by atoms with E-state index in [-0.39, 0.29) is 0 Å². The van der Waals surface area contributed by atoms with Crippen LogP contribution >= 0.6 is 11.3 Å². The topological polar surface area (TPSA) is 21.6 Å². The molecule has 3 rings (SSSR count). The van der Waals surface area contributed by atoms with Crippen molar-refractivity contribution in [1.29, 1.82) is 0 Å². The van der Waals surface area contributed by atoms with Gasteiger partial charge >= 0.3 is 0 Å². The summed E-state index contributed by atoms with van der Waals surface area (Å²) >= 11 is 1.70. The van der Waals surface area contributed by atoms with Gasteiger partial charge in [-0.25, -0.2) is 4.99 Å². The summed E-state index contributed by atoms with van der Waals surface area (Å²) in [5, 5.41) is 2.08. The van der Waals surface area contributed by atoms with Gasteiger partial charge in [0.15, 0.2) is 0 Å². The smallest absolute Gasteiger partial charge is 0.242 e. The SMILES string of the molecule is C[Si](C)(C)Oc1ccccc1N=C(c1ccccc1)c1cccs1. The minimum atomic E-state index is -1.69. The van der Waals surface area contributed by atoms with Crippen molar-refractivity contribution in [3.63, 3.8) is 0 Å². The third kappa shape index (κ3) is 4.22. The van der Waals surface area contributed by atoms with E-state index < -0.39 is 8.32 Å². The van der Waals surface area contributed by atoms with Gasteiger partial charge in [-0.3, -0.25) is 0 Å². The molecule has 0 fully saturated rings. The first-order valence-corrected chi connectivity index (χ1v) is 12.3. The quantitative estimate of drug-likeness (QED) is 0.400. The normalized spacial score (nSPS) is 12.2. The molecule has 0 atom stereocenters. The highest BCUT2D eigenvalue weighted by molar-refractivity contribution is 7.12. The van der Waals surface area contributed by atoms with Crippen molar-refractivity contribution in [3.8, 4) is 5.75 Å². The first-order valence-electron chi connectivity index (χ1n) is 7.99. The molecule has 0 saturated carbocycles. The number of benzene rings is 2. The molecule has 1 aromatic heterocycles. The molecule has 2 aromatic carbocycles. The van der Waals surface area contributed by atoms with Gasteiger partial charge in [0, 0.05) is 5.56 Å². The number of hydrogen-bond acceptors (Lipinski definition) is 3. The van der Waals surface area contributed by atoms with Crippen molar-refractivity contribution in [2.45, 2.75) is 19.6 Å². The van der Waals surface area contributed by atoms with Gasteiger partial charge in [0.2, 0.25) is 8.32 Å². The first kappa shape index (κ1) is 16.7. The highest BCUT2D eigenvalue weighted by atomic mass is 32.1. The van der Waals surface area contributed by atoms with Crippen LogP contribution in [0.4, 0.5) is 5.69 Å². The summed E-state index contributed by atoms with van der Waals surface area (Å²) in [6, 6.07) is 22.5. The molecule has 0 N–H and O–H groups in total. The van der Waals surface area contributed by atoms with Crippen molar-refractivity contribution in [2.75, 3.05) is 0 Å². The lowest BCUT2D eigenvalue weighted by Gasteiger charge is -2.20. The van der Waals surface area contributed by atoms with Crippen LogP contribution in [0.25, 0.3) is 0 Å². The summed E-state index contributed by atoms with van der Waals surface area (Å²) < 4.78 is 6.22. The summed E-state index contributed by atoms with van der Waals surface area (Å²) in [6.07, 6.45) is 0. The Bertz CT molecular complexity index is 820. The molecule has 3 aromatic rings. The Morgan fingerprint density at radius 1 is 0.875 bits per heavy atom. The monoisotopic (exact) mass is 351 g/mol. The number of para-hydroxylation sites is 2. The fourth-order valence-corrected chi connectivity index (χ4v) is 3.93. The molecular formula is C20H21NOSSi. The van der Waals surface area contributed by atoms with E-state index in [1.165, 1.54) is 0 Å². The zero-order valence-electron chi connectivity index (χ0n) is 14.2. The second-order valence-corrected chi connectivity index (χ2v) is 11.9. The minimum Gasteiger partial charge on any atom is -0.543 e. The Hall–Kier alpha value is -2.17. The summed E-state index contributed by atoms with van der Waals surface area (Å²) in [6.45, 7) is 6.56. The van der Waals surface area contributed by atoms with Gasteiger partial charge in [0.05, 0.1) is 10.6 Å². The molecule has 0 aliphatic heterocycles. The Balaban J connectivity index is 2.10. The Kier molecular flexibility index (Phi) is 4.97. The predicted molar refractivity (Wildman–Crippen MR) is 106 cm³/mol. The highest BCUT2D eigenvalue weighted by Gasteiger charge is 2.18. The number of rotatable bonds is 5. The molecule has 24 heavy (non-hydrogen) atoms. The van der Waals surface area contributed by atoms with Gasteiger partial charge in [-0.15, -0.1) is 11.3 Å². The van der Waals surface area contributed by atoms with Crippen molar-refractivity contribution >= 4 is 31.1 Å². The van der Waals surface area contributed by atoms with Crippen LogP contribution in [0.3, 0.4) is 0 Å². The molecule has 0 saturated heterocycles. The fraction of sp³-hybridized carbons (Fsp3) is 0.150. The molecule has 0 radical (unpaired) electrons. The van der Waals surface area contributed by atoms with E-state index in [1.54, 1.807) is 11.3 Å². The maximum Gasteiger partial charge on any atom is 0.242 e. The Morgan fingerprint density at radius 3 is 2.25 bits per heavy atom. The van der Waals surface area contributed by atoms with Gasteiger partial charge in [-0.05, 0) is 43.2 Å². The van der Waals surface area contributed by atoms with Crippen LogP contribution in [0.5, 0.6) is 5.75 Å². The average Bonchev–Trinajstić information content (AvgIpc) is 3.07.